The van der Waals surface area contributed by atoms with E-state index in [9.17, 15) is 0 Å². The highest BCUT2D eigenvalue weighted by Crippen LogP contribution is 2.21. The highest BCUT2D eigenvalue weighted by molar-refractivity contribution is 9.10. The molecule has 0 bridgehead atoms. The zero-order valence-electron chi connectivity index (χ0n) is 14.9. The normalized spacial score (nSPS) is 17.0. The van der Waals surface area contributed by atoms with Crippen molar-refractivity contribution in [2.75, 3.05) is 37.7 Å². The summed E-state index contributed by atoms with van der Waals surface area (Å²) in [5.74, 6) is 2.30. The average Bonchev–Trinajstić information content (AvgIpc) is 3.07. The first-order chi connectivity index (χ1) is 12.1. The van der Waals surface area contributed by atoms with Gasteiger partial charge >= 0.3 is 0 Å². The molecule has 0 radical (unpaired) electrons. The number of ether oxygens (including phenoxy) is 1. The van der Waals surface area contributed by atoms with Crippen molar-refractivity contribution in [2.45, 2.75) is 33.4 Å². The Morgan fingerprint density at radius 3 is 2.76 bits per heavy atom. The molecular formula is C17H24BrN5O2. The number of aromatic nitrogens is 3. The molecule has 0 aliphatic carbocycles. The third kappa shape index (κ3) is 4.56. The summed E-state index contributed by atoms with van der Waals surface area (Å²) in [5, 5.41) is 4.02. The molecule has 1 unspecified atom stereocenters. The van der Waals surface area contributed by atoms with Crippen LogP contribution in [0.4, 0.5) is 5.82 Å². The van der Waals surface area contributed by atoms with E-state index in [-0.39, 0.29) is 6.10 Å². The molecule has 1 aliphatic rings. The Morgan fingerprint density at radius 2 is 2.08 bits per heavy atom. The zero-order chi connectivity index (χ0) is 17.8. The van der Waals surface area contributed by atoms with Crippen molar-refractivity contribution in [3.05, 3.63) is 34.0 Å². The van der Waals surface area contributed by atoms with E-state index < -0.39 is 0 Å². The van der Waals surface area contributed by atoms with Crippen molar-refractivity contribution in [2.24, 2.45) is 0 Å². The molecule has 0 amide bonds. The fourth-order valence-corrected chi connectivity index (χ4v) is 3.06. The van der Waals surface area contributed by atoms with Crippen molar-refractivity contribution in [1.29, 1.82) is 0 Å². The molecule has 0 N–H and O–H groups in total. The number of hydrogen-bond donors (Lipinski definition) is 0. The van der Waals surface area contributed by atoms with Gasteiger partial charge in [0.05, 0.1) is 6.54 Å². The number of aryl methyl sites for hydroxylation is 1. The van der Waals surface area contributed by atoms with E-state index in [1.165, 1.54) is 5.56 Å². The average molecular weight is 410 g/mol. The lowest BCUT2D eigenvalue weighted by Gasteiger charge is -2.34. The van der Waals surface area contributed by atoms with Gasteiger partial charge in [-0.2, -0.15) is 4.98 Å². The minimum Gasteiger partial charge on any atom is -0.371 e. The second kappa shape index (κ2) is 8.25. The predicted molar refractivity (Wildman–Crippen MR) is 98.5 cm³/mol. The number of rotatable bonds is 6. The Morgan fingerprint density at radius 1 is 1.32 bits per heavy atom. The summed E-state index contributed by atoms with van der Waals surface area (Å²) in [6.07, 6.45) is 1.74. The first-order valence-corrected chi connectivity index (χ1v) is 9.39. The van der Waals surface area contributed by atoms with Crippen LogP contribution in [0.25, 0.3) is 0 Å². The zero-order valence-corrected chi connectivity index (χ0v) is 16.5. The topological polar surface area (TPSA) is 67.5 Å². The summed E-state index contributed by atoms with van der Waals surface area (Å²) in [6.45, 7) is 11.0. The molecule has 3 rings (SSSR count). The SMILES string of the molecule is CCOC(C)c1noc(CN2CCN(c3cc(C)c(Br)cn3)CC2)n1. The lowest BCUT2D eigenvalue weighted by Crippen LogP contribution is -2.46. The largest absolute Gasteiger partial charge is 0.371 e. The molecule has 1 fully saturated rings. The van der Waals surface area contributed by atoms with E-state index in [4.69, 9.17) is 9.26 Å². The van der Waals surface area contributed by atoms with E-state index in [0.717, 1.165) is 36.5 Å². The van der Waals surface area contributed by atoms with E-state index in [2.05, 4.69) is 53.8 Å². The highest BCUT2D eigenvalue weighted by atomic mass is 79.9. The Hall–Kier alpha value is -1.51. The van der Waals surface area contributed by atoms with Crippen molar-refractivity contribution in [3.8, 4) is 0 Å². The molecule has 2 aromatic rings. The van der Waals surface area contributed by atoms with Gasteiger partial charge in [-0.15, -0.1) is 0 Å². The first kappa shape index (κ1) is 18.3. The summed E-state index contributed by atoms with van der Waals surface area (Å²) in [5.41, 5.74) is 1.20. The van der Waals surface area contributed by atoms with Crippen LogP contribution in [-0.2, 0) is 11.3 Å². The van der Waals surface area contributed by atoms with Crippen molar-refractivity contribution in [1.82, 2.24) is 20.0 Å². The molecule has 3 heterocycles. The van der Waals surface area contributed by atoms with Crippen LogP contribution in [-0.4, -0.2) is 52.8 Å². The van der Waals surface area contributed by atoms with Gasteiger partial charge in [-0.05, 0) is 48.3 Å². The van der Waals surface area contributed by atoms with Crippen molar-refractivity contribution < 1.29 is 9.26 Å². The molecule has 7 nitrogen and oxygen atoms in total. The Bertz CT molecular complexity index is 700. The van der Waals surface area contributed by atoms with Gasteiger partial charge in [0, 0.05) is 43.5 Å². The molecule has 0 spiro atoms. The second-order valence-corrected chi connectivity index (χ2v) is 7.05. The fraction of sp³-hybridized carbons (Fsp3) is 0.588. The molecule has 1 aliphatic heterocycles. The number of halogens is 1. The van der Waals surface area contributed by atoms with Gasteiger partial charge in [-0.3, -0.25) is 4.90 Å². The van der Waals surface area contributed by atoms with Crippen LogP contribution in [0.1, 0.15) is 37.2 Å². The highest BCUT2D eigenvalue weighted by Gasteiger charge is 2.21. The molecule has 0 saturated carbocycles. The molecular weight excluding hydrogens is 386 g/mol. The second-order valence-electron chi connectivity index (χ2n) is 6.20. The summed E-state index contributed by atoms with van der Waals surface area (Å²) in [4.78, 5) is 13.6. The lowest BCUT2D eigenvalue weighted by molar-refractivity contribution is 0.0683. The smallest absolute Gasteiger partial charge is 0.240 e. The van der Waals surface area contributed by atoms with Crippen LogP contribution in [0, 0.1) is 6.92 Å². The molecule has 25 heavy (non-hydrogen) atoms. The van der Waals surface area contributed by atoms with E-state index in [1.54, 1.807) is 0 Å². The number of pyridine rings is 1. The van der Waals surface area contributed by atoms with E-state index in [0.29, 0.717) is 24.9 Å². The van der Waals surface area contributed by atoms with Crippen LogP contribution >= 0.6 is 15.9 Å². The van der Waals surface area contributed by atoms with E-state index >= 15 is 0 Å². The molecule has 8 heteroatoms. The quantitative estimate of drug-likeness (QED) is 0.725. The standard InChI is InChI=1S/C17H24BrN5O2/c1-4-24-13(3)17-20-16(25-21-17)11-22-5-7-23(8-6-22)15-9-12(2)14(18)10-19-15/h9-10,13H,4-8,11H2,1-3H3. The summed E-state index contributed by atoms with van der Waals surface area (Å²) < 4.78 is 11.9. The predicted octanol–water partition coefficient (Wildman–Crippen LogP) is 2.96. The number of piperazine rings is 1. The van der Waals surface area contributed by atoms with Crippen LogP contribution in [0.3, 0.4) is 0 Å². The van der Waals surface area contributed by atoms with Crippen LogP contribution in [0.2, 0.25) is 0 Å². The fourth-order valence-electron chi connectivity index (χ4n) is 2.85. The van der Waals surface area contributed by atoms with Gasteiger partial charge in [0.25, 0.3) is 0 Å². The minimum absolute atomic E-state index is 0.133. The van der Waals surface area contributed by atoms with Crippen LogP contribution in [0.5, 0.6) is 0 Å². The number of anilines is 1. The van der Waals surface area contributed by atoms with E-state index in [1.807, 2.05) is 20.0 Å². The Kier molecular flexibility index (Phi) is 6.03. The van der Waals surface area contributed by atoms with Gasteiger partial charge in [0.1, 0.15) is 11.9 Å². The molecule has 1 saturated heterocycles. The molecule has 2 aromatic heterocycles. The molecule has 136 valence electrons. The third-order valence-corrected chi connectivity index (χ3v) is 5.18. The van der Waals surface area contributed by atoms with Crippen LogP contribution in [0.15, 0.2) is 21.3 Å². The van der Waals surface area contributed by atoms with Crippen LogP contribution < -0.4 is 4.90 Å². The van der Waals surface area contributed by atoms with Gasteiger partial charge in [0.2, 0.25) is 5.89 Å². The number of nitrogens with zero attached hydrogens (tertiary/aromatic N) is 5. The summed E-state index contributed by atoms with van der Waals surface area (Å²) in [7, 11) is 0. The lowest BCUT2D eigenvalue weighted by atomic mass is 10.2. The maximum atomic E-state index is 5.50. The molecule has 0 aromatic carbocycles. The van der Waals surface area contributed by atoms with Gasteiger partial charge in [-0.1, -0.05) is 5.16 Å². The molecule has 1 atom stereocenters. The maximum absolute atomic E-state index is 5.50. The summed E-state index contributed by atoms with van der Waals surface area (Å²) in [6, 6.07) is 2.12. The van der Waals surface area contributed by atoms with Gasteiger partial charge in [-0.25, -0.2) is 4.98 Å². The Balaban J connectivity index is 1.53. The first-order valence-electron chi connectivity index (χ1n) is 8.60. The minimum atomic E-state index is -0.133. The van der Waals surface area contributed by atoms with Crippen molar-refractivity contribution in [3.63, 3.8) is 0 Å². The monoisotopic (exact) mass is 409 g/mol. The Labute approximate surface area is 156 Å². The van der Waals surface area contributed by atoms with Gasteiger partial charge in [0.15, 0.2) is 5.82 Å². The van der Waals surface area contributed by atoms with Gasteiger partial charge < -0.3 is 14.2 Å². The van der Waals surface area contributed by atoms with Crippen molar-refractivity contribution >= 4 is 21.7 Å². The maximum Gasteiger partial charge on any atom is 0.240 e. The third-order valence-electron chi connectivity index (χ3n) is 4.35. The summed E-state index contributed by atoms with van der Waals surface area (Å²) >= 11 is 3.50. The number of hydrogen-bond acceptors (Lipinski definition) is 7.